The molecular formula is C40H24O8. The molecule has 0 atom stereocenters. The van der Waals surface area contributed by atoms with Gasteiger partial charge in [0.2, 0.25) is 0 Å². The van der Waals surface area contributed by atoms with Crippen LogP contribution < -0.4 is 0 Å². The van der Waals surface area contributed by atoms with Gasteiger partial charge < -0.3 is 20.4 Å². The minimum absolute atomic E-state index is 0.0351. The quantitative estimate of drug-likeness (QED) is 0.148. The number of benzene rings is 6. The Bertz CT molecular complexity index is 2330. The molecule has 0 heterocycles. The summed E-state index contributed by atoms with van der Waals surface area (Å²) in [5.74, 6) is 7.34. The summed E-state index contributed by atoms with van der Waals surface area (Å²) in [6, 6.07) is 33.8. The van der Waals surface area contributed by atoms with Gasteiger partial charge in [0.05, 0.1) is 22.3 Å². The molecular weight excluding hydrogens is 608 g/mol. The van der Waals surface area contributed by atoms with Gasteiger partial charge in [-0.25, -0.2) is 19.2 Å². The fourth-order valence-corrected chi connectivity index (χ4v) is 5.02. The fraction of sp³-hybridized carbons (Fsp3) is 0. The molecule has 0 saturated carbocycles. The van der Waals surface area contributed by atoms with Crippen molar-refractivity contribution in [3.8, 4) is 23.7 Å². The van der Waals surface area contributed by atoms with Gasteiger partial charge in [-0.15, -0.1) is 0 Å². The zero-order valence-corrected chi connectivity index (χ0v) is 25.0. The molecule has 0 radical (unpaired) electrons. The maximum Gasteiger partial charge on any atom is 0.336 e. The largest absolute Gasteiger partial charge is 0.478 e. The summed E-state index contributed by atoms with van der Waals surface area (Å²) in [5.41, 5.74) is 2.70. The molecule has 0 saturated heterocycles. The van der Waals surface area contributed by atoms with Crippen molar-refractivity contribution >= 4 is 45.4 Å². The van der Waals surface area contributed by atoms with Crippen molar-refractivity contribution in [1.82, 2.24) is 0 Å². The third-order valence-electron chi connectivity index (χ3n) is 7.20. The predicted molar refractivity (Wildman–Crippen MR) is 181 cm³/mol. The maximum absolute atomic E-state index is 11.5. The summed E-state index contributed by atoms with van der Waals surface area (Å²) in [4.78, 5) is 45.9. The Balaban J connectivity index is 0.000000188. The first-order valence-electron chi connectivity index (χ1n) is 14.3. The third kappa shape index (κ3) is 7.21. The summed E-state index contributed by atoms with van der Waals surface area (Å²) in [6.07, 6.45) is 0. The van der Waals surface area contributed by atoms with Gasteiger partial charge in [0.15, 0.2) is 0 Å². The van der Waals surface area contributed by atoms with E-state index < -0.39 is 23.9 Å². The van der Waals surface area contributed by atoms with Crippen molar-refractivity contribution in [3.05, 3.63) is 166 Å². The molecule has 6 aromatic carbocycles. The van der Waals surface area contributed by atoms with Gasteiger partial charge in [-0.3, -0.25) is 0 Å². The first-order chi connectivity index (χ1) is 23.1. The number of aromatic carboxylic acids is 4. The normalized spacial score (nSPS) is 10.0. The van der Waals surface area contributed by atoms with Crippen LogP contribution >= 0.6 is 0 Å². The van der Waals surface area contributed by atoms with Gasteiger partial charge in [-0.05, 0) is 76.8 Å². The van der Waals surface area contributed by atoms with E-state index in [9.17, 15) is 39.6 Å². The maximum atomic E-state index is 11.5. The summed E-state index contributed by atoms with van der Waals surface area (Å²) in [6.45, 7) is 0. The Kier molecular flexibility index (Phi) is 9.60. The lowest BCUT2D eigenvalue weighted by Gasteiger charge is -2.08. The Labute approximate surface area is 274 Å². The molecule has 0 aliphatic heterocycles. The number of fused-ring (bicyclic) bond motifs is 2. The molecule has 0 amide bonds. The van der Waals surface area contributed by atoms with Crippen molar-refractivity contribution in [3.63, 3.8) is 0 Å². The van der Waals surface area contributed by atoms with Gasteiger partial charge in [-0.1, -0.05) is 84.3 Å². The number of carboxylic acid groups (broad SMARTS) is 4. The van der Waals surface area contributed by atoms with E-state index in [1.807, 2.05) is 60.7 Å². The van der Waals surface area contributed by atoms with E-state index >= 15 is 0 Å². The monoisotopic (exact) mass is 632 g/mol. The SMILES string of the molecule is O=C(O)c1cc(C#Cc2ccccc2)cc2c(C(=O)O)cccc12.O=C(O)c1ccc(C#Cc2ccccc2)c2c(C(=O)O)cccc12. The molecule has 0 aliphatic carbocycles. The van der Waals surface area contributed by atoms with Crippen LogP contribution in [0, 0.1) is 23.7 Å². The fourth-order valence-electron chi connectivity index (χ4n) is 5.02. The Hall–Kier alpha value is -7.16. The van der Waals surface area contributed by atoms with E-state index in [0.717, 1.165) is 11.1 Å². The molecule has 4 N–H and O–H groups in total. The van der Waals surface area contributed by atoms with Crippen molar-refractivity contribution in [2.75, 3.05) is 0 Å². The number of rotatable bonds is 4. The lowest BCUT2D eigenvalue weighted by atomic mass is 9.95. The van der Waals surface area contributed by atoms with E-state index in [1.165, 1.54) is 36.4 Å². The molecule has 0 fully saturated rings. The van der Waals surface area contributed by atoms with Crippen molar-refractivity contribution in [1.29, 1.82) is 0 Å². The van der Waals surface area contributed by atoms with E-state index in [1.54, 1.807) is 24.3 Å². The van der Waals surface area contributed by atoms with Crippen LogP contribution in [0.25, 0.3) is 21.5 Å². The van der Waals surface area contributed by atoms with Crippen LogP contribution in [0.3, 0.4) is 0 Å². The lowest BCUT2D eigenvalue weighted by Crippen LogP contribution is -2.03. The molecule has 0 bridgehead atoms. The Morgan fingerprint density at radius 2 is 0.854 bits per heavy atom. The number of carbonyl (C=O) groups is 4. The van der Waals surface area contributed by atoms with Crippen molar-refractivity contribution in [2.45, 2.75) is 0 Å². The van der Waals surface area contributed by atoms with Crippen LogP contribution in [0.2, 0.25) is 0 Å². The lowest BCUT2D eigenvalue weighted by molar-refractivity contribution is 0.0686. The van der Waals surface area contributed by atoms with Crippen molar-refractivity contribution in [2.24, 2.45) is 0 Å². The molecule has 0 aliphatic rings. The van der Waals surface area contributed by atoms with Gasteiger partial charge in [-0.2, -0.15) is 0 Å². The second-order valence-corrected chi connectivity index (χ2v) is 10.3. The predicted octanol–water partition coefficient (Wildman–Crippen LogP) is 7.27. The second-order valence-electron chi connectivity index (χ2n) is 10.3. The van der Waals surface area contributed by atoms with Crippen LogP contribution in [0.1, 0.15) is 63.7 Å². The summed E-state index contributed by atoms with van der Waals surface area (Å²) in [7, 11) is 0. The molecule has 8 nitrogen and oxygen atoms in total. The Morgan fingerprint density at radius 3 is 1.42 bits per heavy atom. The Morgan fingerprint density at radius 1 is 0.375 bits per heavy atom. The highest BCUT2D eigenvalue weighted by Gasteiger charge is 2.17. The van der Waals surface area contributed by atoms with Crippen LogP contribution in [-0.4, -0.2) is 44.3 Å². The molecule has 0 spiro atoms. The highest BCUT2D eigenvalue weighted by molar-refractivity contribution is 6.13. The number of hydrogen-bond donors (Lipinski definition) is 4. The van der Waals surface area contributed by atoms with Gasteiger partial charge in [0, 0.05) is 27.6 Å². The van der Waals surface area contributed by atoms with E-state index in [2.05, 4.69) is 23.7 Å². The molecule has 8 heteroatoms. The van der Waals surface area contributed by atoms with Gasteiger partial charge in [0.1, 0.15) is 0 Å². The average Bonchev–Trinajstić information content (AvgIpc) is 3.09. The van der Waals surface area contributed by atoms with Crippen LogP contribution in [0.15, 0.2) is 121 Å². The first kappa shape index (κ1) is 32.2. The highest BCUT2D eigenvalue weighted by Crippen LogP contribution is 2.27. The smallest absolute Gasteiger partial charge is 0.336 e. The minimum Gasteiger partial charge on any atom is -0.478 e. The van der Waals surface area contributed by atoms with Crippen LogP contribution in [0.4, 0.5) is 0 Å². The summed E-state index contributed by atoms with van der Waals surface area (Å²) >= 11 is 0. The number of hydrogen-bond acceptors (Lipinski definition) is 4. The third-order valence-corrected chi connectivity index (χ3v) is 7.20. The van der Waals surface area contributed by atoms with Gasteiger partial charge in [0.25, 0.3) is 0 Å². The average molecular weight is 633 g/mol. The molecule has 6 aromatic rings. The van der Waals surface area contributed by atoms with Gasteiger partial charge >= 0.3 is 23.9 Å². The zero-order chi connectivity index (χ0) is 34.2. The molecule has 0 unspecified atom stereocenters. The van der Waals surface area contributed by atoms with E-state index in [0.29, 0.717) is 32.7 Å². The van der Waals surface area contributed by atoms with E-state index in [-0.39, 0.29) is 22.3 Å². The molecule has 6 rings (SSSR count). The minimum atomic E-state index is -1.12. The summed E-state index contributed by atoms with van der Waals surface area (Å²) in [5, 5.41) is 39.0. The van der Waals surface area contributed by atoms with E-state index in [4.69, 9.17) is 0 Å². The molecule has 0 aromatic heterocycles. The zero-order valence-electron chi connectivity index (χ0n) is 25.0. The first-order valence-corrected chi connectivity index (χ1v) is 14.3. The second kappa shape index (κ2) is 14.3. The van der Waals surface area contributed by atoms with Crippen LogP contribution in [-0.2, 0) is 0 Å². The van der Waals surface area contributed by atoms with Crippen molar-refractivity contribution < 1.29 is 39.6 Å². The number of carboxylic acids is 4. The summed E-state index contributed by atoms with van der Waals surface area (Å²) < 4.78 is 0. The standard InChI is InChI=1S/2C20H12O4/c21-19(22)16-8-4-7-15-17(16)11-14(12-18(15)20(23)24)10-9-13-5-2-1-3-6-13;21-19(22)16-12-11-14(10-9-13-5-2-1-3-6-13)18-15(16)7-4-8-17(18)20(23)24/h2*1-8,11-12H,(H,21,22)(H,23,24). The molecule has 232 valence electrons. The highest BCUT2D eigenvalue weighted by atomic mass is 16.4. The molecule has 48 heavy (non-hydrogen) atoms. The van der Waals surface area contributed by atoms with Crippen LogP contribution in [0.5, 0.6) is 0 Å². The topological polar surface area (TPSA) is 149 Å².